The largest absolute Gasteiger partial charge is 0.314 e. The maximum Gasteiger partial charge on any atom is 0.00751 e. The minimum atomic E-state index is 0.725. The first-order valence-electron chi connectivity index (χ1n) is 8.57. The standard InChI is InChI=1S/C18H31N/c1-3-5-6-17(19-4-2)13-18-10-14-7-15(11-18)9-16(8-14)12-18/h3,14-17,19H,1,4-13H2,2H3. The highest BCUT2D eigenvalue weighted by atomic mass is 14.9. The fourth-order valence-corrected chi connectivity index (χ4v) is 5.95. The van der Waals surface area contributed by atoms with Gasteiger partial charge in [-0.2, -0.15) is 0 Å². The normalized spacial score (nSPS) is 41.4. The van der Waals surface area contributed by atoms with Crippen LogP contribution < -0.4 is 5.32 Å². The quantitative estimate of drug-likeness (QED) is 0.664. The number of hydrogen-bond donors (Lipinski definition) is 1. The Morgan fingerprint density at radius 2 is 1.74 bits per heavy atom. The van der Waals surface area contributed by atoms with E-state index < -0.39 is 0 Å². The fraction of sp³-hybridized carbons (Fsp3) is 0.889. The van der Waals surface area contributed by atoms with E-state index in [0.717, 1.165) is 35.8 Å². The molecule has 1 nitrogen and oxygen atoms in total. The van der Waals surface area contributed by atoms with E-state index in [4.69, 9.17) is 0 Å². The van der Waals surface area contributed by atoms with Gasteiger partial charge in [-0.1, -0.05) is 13.0 Å². The maximum absolute atomic E-state index is 3.89. The molecular formula is C18H31N. The summed E-state index contributed by atoms with van der Waals surface area (Å²) in [7, 11) is 0. The third kappa shape index (κ3) is 2.91. The van der Waals surface area contributed by atoms with Crippen molar-refractivity contribution < 1.29 is 0 Å². The Balaban J connectivity index is 1.65. The molecule has 0 spiro atoms. The first kappa shape index (κ1) is 13.7. The summed E-state index contributed by atoms with van der Waals surface area (Å²) < 4.78 is 0. The zero-order valence-corrected chi connectivity index (χ0v) is 12.7. The average Bonchev–Trinajstić information content (AvgIpc) is 2.34. The lowest BCUT2D eigenvalue weighted by atomic mass is 9.48. The van der Waals surface area contributed by atoms with Crippen LogP contribution in [0.5, 0.6) is 0 Å². The van der Waals surface area contributed by atoms with Gasteiger partial charge >= 0.3 is 0 Å². The van der Waals surface area contributed by atoms with Crippen LogP contribution in [0.3, 0.4) is 0 Å². The van der Waals surface area contributed by atoms with E-state index in [1.807, 2.05) is 0 Å². The third-order valence-corrected chi connectivity index (χ3v) is 6.06. The lowest BCUT2D eigenvalue weighted by Gasteiger charge is -2.57. The van der Waals surface area contributed by atoms with Crippen LogP contribution in [-0.2, 0) is 0 Å². The van der Waals surface area contributed by atoms with Crippen molar-refractivity contribution >= 4 is 0 Å². The number of hydrogen-bond acceptors (Lipinski definition) is 1. The highest BCUT2D eigenvalue weighted by Crippen LogP contribution is 2.61. The van der Waals surface area contributed by atoms with Gasteiger partial charge in [-0.15, -0.1) is 6.58 Å². The minimum Gasteiger partial charge on any atom is -0.314 e. The van der Waals surface area contributed by atoms with Crippen molar-refractivity contribution in [2.24, 2.45) is 23.2 Å². The van der Waals surface area contributed by atoms with Gasteiger partial charge in [0, 0.05) is 6.04 Å². The minimum absolute atomic E-state index is 0.725. The van der Waals surface area contributed by atoms with Gasteiger partial charge < -0.3 is 5.32 Å². The van der Waals surface area contributed by atoms with Crippen molar-refractivity contribution in [3.8, 4) is 0 Å². The second kappa shape index (κ2) is 5.60. The van der Waals surface area contributed by atoms with Gasteiger partial charge in [0.2, 0.25) is 0 Å². The van der Waals surface area contributed by atoms with E-state index >= 15 is 0 Å². The third-order valence-electron chi connectivity index (χ3n) is 6.06. The molecule has 0 amide bonds. The van der Waals surface area contributed by atoms with Crippen molar-refractivity contribution in [3.63, 3.8) is 0 Å². The molecular weight excluding hydrogens is 230 g/mol. The number of rotatable bonds is 7. The summed E-state index contributed by atoms with van der Waals surface area (Å²) >= 11 is 0. The molecule has 4 aliphatic rings. The Labute approximate surface area is 119 Å². The molecule has 0 aliphatic heterocycles. The van der Waals surface area contributed by atoms with Gasteiger partial charge in [0.05, 0.1) is 0 Å². The Morgan fingerprint density at radius 1 is 1.16 bits per heavy atom. The van der Waals surface area contributed by atoms with Gasteiger partial charge in [0.1, 0.15) is 0 Å². The molecule has 0 aromatic carbocycles. The molecule has 4 fully saturated rings. The van der Waals surface area contributed by atoms with Crippen LogP contribution in [0.1, 0.15) is 64.7 Å². The summed E-state index contributed by atoms with van der Waals surface area (Å²) in [5, 5.41) is 3.74. The Morgan fingerprint density at radius 3 is 2.21 bits per heavy atom. The summed E-state index contributed by atoms with van der Waals surface area (Å²) in [5.41, 5.74) is 0.725. The van der Waals surface area contributed by atoms with Crippen molar-refractivity contribution in [1.82, 2.24) is 5.32 Å². The Kier molecular flexibility index (Phi) is 4.03. The van der Waals surface area contributed by atoms with Crippen molar-refractivity contribution in [1.29, 1.82) is 0 Å². The molecule has 0 heterocycles. The Hall–Kier alpha value is -0.300. The highest BCUT2D eigenvalue weighted by molar-refractivity contribution is 5.02. The van der Waals surface area contributed by atoms with Crippen LogP contribution >= 0.6 is 0 Å². The topological polar surface area (TPSA) is 12.0 Å². The molecule has 0 aromatic rings. The van der Waals surface area contributed by atoms with Gasteiger partial charge in [0.25, 0.3) is 0 Å². The summed E-state index contributed by atoms with van der Waals surface area (Å²) in [6, 6.07) is 0.735. The summed E-state index contributed by atoms with van der Waals surface area (Å²) in [5.74, 6) is 3.27. The molecule has 1 heteroatoms. The molecule has 1 unspecified atom stereocenters. The predicted octanol–water partition coefficient (Wildman–Crippen LogP) is 4.54. The zero-order valence-electron chi connectivity index (χ0n) is 12.7. The molecule has 1 atom stereocenters. The van der Waals surface area contributed by atoms with E-state index in [2.05, 4.69) is 24.9 Å². The van der Waals surface area contributed by atoms with E-state index in [1.54, 1.807) is 38.5 Å². The monoisotopic (exact) mass is 261 g/mol. The average molecular weight is 261 g/mol. The molecule has 4 saturated carbocycles. The first-order valence-corrected chi connectivity index (χ1v) is 8.57. The van der Waals surface area contributed by atoms with Crippen LogP contribution in [0.15, 0.2) is 12.7 Å². The zero-order chi connectivity index (χ0) is 13.3. The second-order valence-corrected chi connectivity index (χ2v) is 7.74. The predicted molar refractivity (Wildman–Crippen MR) is 82.1 cm³/mol. The molecule has 0 saturated heterocycles. The van der Waals surface area contributed by atoms with Crippen LogP contribution in [0.4, 0.5) is 0 Å². The maximum atomic E-state index is 3.89. The van der Waals surface area contributed by atoms with Gasteiger partial charge in [-0.25, -0.2) is 0 Å². The molecule has 4 bridgehead atoms. The molecule has 0 radical (unpaired) electrons. The first-order chi connectivity index (χ1) is 9.23. The second-order valence-electron chi connectivity index (χ2n) is 7.74. The van der Waals surface area contributed by atoms with Gasteiger partial charge in [-0.05, 0) is 87.5 Å². The SMILES string of the molecule is C=CCCC(CC12CC3CC(CC(C3)C1)C2)NCC. The summed E-state index contributed by atoms with van der Waals surface area (Å²) in [6.07, 6.45) is 15.3. The molecule has 0 aromatic heterocycles. The van der Waals surface area contributed by atoms with Crippen LogP contribution in [0.2, 0.25) is 0 Å². The van der Waals surface area contributed by atoms with E-state index in [9.17, 15) is 0 Å². The highest BCUT2D eigenvalue weighted by Gasteiger charge is 2.51. The fourth-order valence-electron chi connectivity index (χ4n) is 5.95. The lowest BCUT2D eigenvalue weighted by molar-refractivity contribution is -0.0622. The van der Waals surface area contributed by atoms with E-state index in [0.29, 0.717) is 0 Å². The lowest BCUT2D eigenvalue weighted by Crippen LogP contribution is -2.48. The Bertz CT molecular complexity index is 284. The number of allylic oxidation sites excluding steroid dienone is 1. The molecule has 108 valence electrons. The molecule has 4 aliphatic carbocycles. The van der Waals surface area contributed by atoms with Crippen molar-refractivity contribution in [2.75, 3.05) is 6.54 Å². The van der Waals surface area contributed by atoms with E-state index in [1.165, 1.54) is 19.3 Å². The van der Waals surface area contributed by atoms with Crippen LogP contribution in [0.25, 0.3) is 0 Å². The molecule has 19 heavy (non-hydrogen) atoms. The van der Waals surface area contributed by atoms with E-state index in [-0.39, 0.29) is 0 Å². The smallest absolute Gasteiger partial charge is 0.00751 e. The molecule has 1 N–H and O–H groups in total. The number of nitrogens with one attached hydrogen (secondary N) is 1. The van der Waals surface area contributed by atoms with Crippen molar-refractivity contribution in [2.45, 2.75) is 70.8 Å². The van der Waals surface area contributed by atoms with Gasteiger partial charge in [0.15, 0.2) is 0 Å². The molecule has 4 rings (SSSR count). The van der Waals surface area contributed by atoms with Crippen LogP contribution in [0, 0.1) is 23.2 Å². The van der Waals surface area contributed by atoms with Gasteiger partial charge in [-0.3, -0.25) is 0 Å². The van der Waals surface area contributed by atoms with Crippen LogP contribution in [-0.4, -0.2) is 12.6 Å². The van der Waals surface area contributed by atoms with Crippen molar-refractivity contribution in [3.05, 3.63) is 12.7 Å². The summed E-state index contributed by atoms with van der Waals surface area (Å²) in [4.78, 5) is 0. The summed E-state index contributed by atoms with van der Waals surface area (Å²) in [6.45, 7) is 7.26.